The summed E-state index contributed by atoms with van der Waals surface area (Å²) in [7, 11) is 1.62. The zero-order chi connectivity index (χ0) is 18.3. The largest absolute Gasteiger partial charge is 0.497 e. The average molecular weight is 343 g/mol. The van der Waals surface area contributed by atoms with Crippen molar-refractivity contribution >= 4 is 16.7 Å². The van der Waals surface area contributed by atoms with E-state index in [1.807, 2.05) is 55.5 Å². The Morgan fingerprint density at radius 2 is 2.00 bits per heavy atom. The summed E-state index contributed by atoms with van der Waals surface area (Å²) in [6, 6.07) is 17.5. The molecule has 0 radical (unpaired) electrons. The lowest BCUT2D eigenvalue weighted by atomic mass is 9.99. The van der Waals surface area contributed by atoms with E-state index in [2.05, 4.69) is 11.1 Å². The maximum atomic E-state index is 13.3. The van der Waals surface area contributed by atoms with Gasteiger partial charge in [0.05, 0.1) is 23.7 Å². The number of nitrogens with zero attached hydrogens (tertiary/aromatic N) is 2. The molecule has 0 amide bonds. The molecule has 0 fully saturated rings. The third-order valence-corrected chi connectivity index (χ3v) is 4.77. The first kappa shape index (κ1) is 16.0. The smallest absolute Gasteiger partial charge is 0.260 e. The number of H-pyrrole nitrogens is 1. The predicted molar refractivity (Wildman–Crippen MR) is 101 cm³/mol. The number of para-hydroxylation sites is 2. The molecule has 0 saturated heterocycles. The Balaban J connectivity index is 2.01. The highest BCUT2D eigenvalue weighted by Gasteiger charge is 2.18. The zero-order valence-electron chi connectivity index (χ0n) is 14.5. The molecule has 0 atom stereocenters. The molecule has 4 rings (SSSR count). The number of nitriles is 1. The number of ether oxygens (including phenoxy) is 1. The van der Waals surface area contributed by atoms with Gasteiger partial charge in [-0.2, -0.15) is 5.26 Å². The van der Waals surface area contributed by atoms with Crippen LogP contribution in [0, 0.1) is 18.3 Å². The molecule has 0 aliphatic heterocycles. The first-order valence-corrected chi connectivity index (χ1v) is 8.32. The Morgan fingerprint density at radius 3 is 2.77 bits per heavy atom. The van der Waals surface area contributed by atoms with Crippen molar-refractivity contribution in [2.24, 2.45) is 0 Å². The van der Waals surface area contributed by atoms with Crippen molar-refractivity contribution in [3.8, 4) is 11.8 Å². The molecule has 0 saturated carbocycles. The van der Waals surface area contributed by atoms with Gasteiger partial charge < -0.3 is 9.72 Å². The summed E-state index contributed by atoms with van der Waals surface area (Å²) in [4.78, 5) is 16.5. The maximum absolute atomic E-state index is 13.3. The zero-order valence-corrected chi connectivity index (χ0v) is 14.5. The molecule has 5 nitrogen and oxygen atoms in total. The Labute approximate surface area is 150 Å². The number of aromatic nitrogens is 2. The highest BCUT2D eigenvalue weighted by molar-refractivity contribution is 5.83. The van der Waals surface area contributed by atoms with E-state index in [-0.39, 0.29) is 5.56 Å². The van der Waals surface area contributed by atoms with Crippen molar-refractivity contribution in [2.45, 2.75) is 13.3 Å². The van der Waals surface area contributed by atoms with E-state index >= 15 is 0 Å². The van der Waals surface area contributed by atoms with Gasteiger partial charge in [0.25, 0.3) is 5.56 Å². The van der Waals surface area contributed by atoms with Gasteiger partial charge in [-0.3, -0.25) is 9.20 Å². The van der Waals surface area contributed by atoms with Gasteiger partial charge in [0.2, 0.25) is 0 Å². The number of methoxy groups -OCH3 is 1. The lowest BCUT2D eigenvalue weighted by Gasteiger charge is -2.10. The average Bonchev–Trinajstić information content (AvgIpc) is 3.05. The van der Waals surface area contributed by atoms with Crippen LogP contribution in [-0.2, 0) is 6.42 Å². The molecule has 0 spiro atoms. The topological polar surface area (TPSA) is 70.3 Å². The monoisotopic (exact) mass is 343 g/mol. The number of pyridine rings is 1. The van der Waals surface area contributed by atoms with Crippen molar-refractivity contribution in [2.75, 3.05) is 7.11 Å². The van der Waals surface area contributed by atoms with Crippen LogP contribution < -0.4 is 10.3 Å². The third-order valence-electron chi connectivity index (χ3n) is 4.77. The summed E-state index contributed by atoms with van der Waals surface area (Å²) >= 11 is 0. The maximum Gasteiger partial charge on any atom is 0.260 e. The van der Waals surface area contributed by atoms with E-state index in [1.165, 1.54) is 0 Å². The molecular formula is C21H17N3O2. The lowest BCUT2D eigenvalue weighted by molar-refractivity contribution is 0.414. The van der Waals surface area contributed by atoms with E-state index in [4.69, 9.17) is 4.74 Å². The van der Waals surface area contributed by atoms with Gasteiger partial charge in [-0.1, -0.05) is 24.3 Å². The van der Waals surface area contributed by atoms with Gasteiger partial charge in [0.1, 0.15) is 17.5 Å². The minimum absolute atomic E-state index is 0.100. The van der Waals surface area contributed by atoms with Crippen LogP contribution in [0.3, 0.4) is 0 Å². The van der Waals surface area contributed by atoms with Crippen molar-refractivity contribution in [1.82, 2.24) is 9.38 Å². The van der Waals surface area contributed by atoms with Crippen molar-refractivity contribution in [1.29, 1.82) is 5.26 Å². The predicted octanol–water partition coefficient (Wildman–Crippen LogP) is 3.56. The summed E-state index contributed by atoms with van der Waals surface area (Å²) in [5.41, 5.74) is 4.85. The second-order valence-electron chi connectivity index (χ2n) is 6.25. The van der Waals surface area contributed by atoms with Crippen LogP contribution in [0.25, 0.3) is 16.7 Å². The molecule has 2 heterocycles. The second-order valence-corrected chi connectivity index (χ2v) is 6.25. The summed E-state index contributed by atoms with van der Waals surface area (Å²) in [5.74, 6) is 0.744. The Kier molecular flexibility index (Phi) is 3.74. The number of imidazole rings is 1. The van der Waals surface area contributed by atoms with Crippen molar-refractivity contribution < 1.29 is 4.74 Å². The fourth-order valence-electron chi connectivity index (χ4n) is 3.42. The normalized spacial score (nSPS) is 11.0. The van der Waals surface area contributed by atoms with E-state index in [9.17, 15) is 10.1 Å². The van der Waals surface area contributed by atoms with Crippen molar-refractivity contribution in [3.05, 3.63) is 81.1 Å². The number of aromatic amines is 1. The molecule has 0 aliphatic carbocycles. The molecule has 4 aromatic rings. The van der Waals surface area contributed by atoms with E-state index in [0.29, 0.717) is 28.8 Å². The number of hydrogen-bond acceptors (Lipinski definition) is 3. The van der Waals surface area contributed by atoms with Gasteiger partial charge >= 0.3 is 0 Å². The third kappa shape index (κ3) is 2.35. The van der Waals surface area contributed by atoms with Crippen LogP contribution in [0.4, 0.5) is 0 Å². The van der Waals surface area contributed by atoms with Gasteiger partial charge in [-0.15, -0.1) is 0 Å². The molecule has 2 aromatic heterocycles. The number of rotatable bonds is 3. The molecule has 26 heavy (non-hydrogen) atoms. The van der Waals surface area contributed by atoms with Gasteiger partial charge in [-0.25, -0.2) is 0 Å². The van der Waals surface area contributed by atoms with Crippen LogP contribution in [0.2, 0.25) is 0 Å². The molecule has 0 aliphatic rings. The van der Waals surface area contributed by atoms with Crippen molar-refractivity contribution in [3.63, 3.8) is 0 Å². The van der Waals surface area contributed by atoms with E-state index in [1.54, 1.807) is 11.5 Å². The van der Waals surface area contributed by atoms with Gasteiger partial charge in [-0.05, 0) is 42.3 Å². The molecule has 5 heteroatoms. The first-order chi connectivity index (χ1) is 12.6. The molecular weight excluding hydrogens is 326 g/mol. The Morgan fingerprint density at radius 1 is 1.19 bits per heavy atom. The van der Waals surface area contributed by atoms with Crippen LogP contribution in [0.5, 0.6) is 5.75 Å². The van der Waals surface area contributed by atoms with Crippen LogP contribution in [0.15, 0.2) is 53.3 Å². The second kappa shape index (κ2) is 6.08. The fourth-order valence-corrected chi connectivity index (χ4v) is 3.42. The Hall–Kier alpha value is -3.52. The number of nitrogens with one attached hydrogen (secondary N) is 1. The Bertz CT molecular complexity index is 1240. The van der Waals surface area contributed by atoms with Gasteiger partial charge in [0, 0.05) is 12.0 Å². The summed E-state index contributed by atoms with van der Waals surface area (Å²) in [5, 5.41) is 9.70. The number of benzene rings is 2. The van der Waals surface area contributed by atoms with Gasteiger partial charge in [0.15, 0.2) is 0 Å². The summed E-state index contributed by atoms with van der Waals surface area (Å²) in [6.45, 7) is 1.83. The fraction of sp³-hybridized carbons (Fsp3) is 0.143. The molecule has 1 N–H and O–H groups in total. The van der Waals surface area contributed by atoms with E-state index < -0.39 is 0 Å². The number of fused-ring (bicyclic) bond motifs is 3. The summed E-state index contributed by atoms with van der Waals surface area (Å²) in [6.07, 6.45) is 0.443. The lowest BCUT2D eigenvalue weighted by Crippen LogP contribution is -2.21. The molecule has 0 unspecified atom stereocenters. The quantitative estimate of drug-likeness (QED) is 0.618. The van der Waals surface area contributed by atoms with E-state index in [0.717, 1.165) is 22.3 Å². The minimum atomic E-state index is -0.100. The van der Waals surface area contributed by atoms with Crippen LogP contribution in [0.1, 0.15) is 22.3 Å². The van der Waals surface area contributed by atoms with Crippen LogP contribution >= 0.6 is 0 Å². The first-order valence-electron chi connectivity index (χ1n) is 8.32. The standard InChI is InChI=1S/C21H17N3O2/c1-13-16(11-14-6-5-7-15(10-14)26-2)21(25)24-19-9-4-3-8-18(19)23-20(24)17(13)12-22/h3-10,23H,11H2,1-2H3. The molecule has 2 aromatic carbocycles. The summed E-state index contributed by atoms with van der Waals surface area (Å²) < 4.78 is 6.88. The highest BCUT2D eigenvalue weighted by Crippen LogP contribution is 2.23. The minimum Gasteiger partial charge on any atom is -0.497 e. The molecule has 128 valence electrons. The van der Waals surface area contributed by atoms with Crippen LogP contribution in [-0.4, -0.2) is 16.5 Å². The SMILES string of the molecule is COc1cccc(Cc2c(C)c(C#N)c3[nH]c4ccccc4n3c2=O)c1. The highest BCUT2D eigenvalue weighted by atomic mass is 16.5. The molecule has 0 bridgehead atoms. The number of hydrogen-bond donors (Lipinski definition) is 1.